The first-order chi connectivity index (χ1) is 10.7. The maximum Gasteiger partial charge on any atom is 0.161 e. The van der Waals surface area contributed by atoms with Gasteiger partial charge in [0.15, 0.2) is 11.5 Å². The van der Waals surface area contributed by atoms with Gasteiger partial charge in [0, 0.05) is 5.92 Å². The van der Waals surface area contributed by atoms with Gasteiger partial charge in [0.1, 0.15) is 13.2 Å². The molecule has 0 amide bonds. The third-order valence-corrected chi connectivity index (χ3v) is 4.27. The van der Waals surface area contributed by atoms with Gasteiger partial charge >= 0.3 is 0 Å². The molecule has 0 aliphatic carbocycles. The van der Waals surface area contributed by atoms with Crippen molar-refractivity contribution < 1.29 is 19.1 Å². The van der Waals surface area contributed by atoms with Crippen molar-refractivity contribution in [2.45, 2.75) is 26.7 Å². The van der Waals surface area contributed by atoms with Gasteiger partial charge in [-0.05, 0) is 37.5 Å². The molecule has 1 saturated heterocycles. The minimum atomic E-state index is 0.561. The van der Waals surface area contributed by atoms with Crippen molar-refractivity contribution in [1.82, 2.24) is 0 Å². The quantitative estimate of drug-likeness (QED) is 0.742. The summed E-state index contributed by atoms with van der Waals surface area (Å²) in [5.41, 5.74) is 1.17. The van der Waals surface area contributed by atoms with Crippen LogP contribution >= 0.6 is 0 Å². The second-order valence-corrected chi connectivity index (χ2v) is 6.32. The van der Waals surface area contributed by atoms with E-state index in [0.29, 0.717) is 13.2 Å². The SMILES string of the molecule is COc1cc(C)ccc1OCCOCC[NH+]1CCC[C@@H](C)C1. The van der Waals surface area contributed by atoms with Crippen LogP contribution in [0.4, 0.5) is 0 Å². The van der Waals surface area contributed by atoms with Crippen LogP contribution in [0.5, 0.6) is 11.5 Å². The molecule has 4 nitrogen and oxygen atoms in total. The first kappa shape index (κ1) is 17.1. The zero-order valence-electron chi connectivity index (χ0n) is 14.2. The molecule has 1 fully saturated rings. The summed E-state index contributed by atoms with van der Waals surface area (Å²) in [7, 11) is 1.67. The number of aryl methyl sites for hydroxylation is 1. The fraction of sp³-hybridized carbons (Fsp3) is 0.667. The van der Waals surface area contributed by atoms with Crippen LogP contribution in [0.25, 0.3) is 0 Å². The number of quaternary nitrogens is 1. The van der Waals surface area contributed by atoms with Gasteiger partial charge in [-0.2, -0.15) is 0 Å². The van der Waals surface area contributed by atoms with E-state index in [1.54, 1.807) is 12.0 Å². The Morgan fingerprint density at radius 2 is 2.05 bits per heavy atom. The zero-order valence-corrected chi connectivity index (χ0v) is 14.2. The minimum Gasteiger partial charge on any atom is -0.493 e. The van der Waals surface area contributed by atoms with Gasteiger partial charge in [-0.1, -0.05) is 13.0 Å². The van der Waals surface area contributed by atoms with Crippen LogP contribution in [0.3, 0.4) is 0 Å². The highest BCUT2D eigenvalue weighted by atomic mass is 16.5. The number of hydrogen-bond donors (Lipinski definition) is 1. The number of nitrogens with one attached hydrogen (secondary N) is 1. The maximum absolute atomic E-state index is 5.74. The summed E-state index contributed by atoms with van der Waals surface area (Å²) in [4.78, 5) is 1.68. The standard InChI is InChI=1S/C18H29NO3/c1-15-6-7-17(18(13-15)20-3)22-12-11-21-10-9-19-8-4-5-16(2)14-19/h6-7,13,16H,4-5,8-12,14H2,1-3H3/p+1/t16-/m1/s1. The monoisotopic (exact) mass is 308 g/mol. The Bertz CT molecular complexity index is 450. The van der Waals surface area contributed by atoms with Crippen LogP contribution in [0.1, 0.15) is 25.3 Å². The van der Waals surface area contributed by atoms with Crippen LogP contribution in [0.15, 0.2) is 18.2 Å². The number of likely N-dealkylation sites (tertiary alicyclic amines) is 1. The van der Waals surface area contributed by atoms with Crippen molar-refractivity contribution in [3.8, 4) is 11.5 Å². The normalized spacial score (nSPS) is 21.6. The molecule has 0 bridgehead atoms. The Morgan fingerprint density at radius 1 is 1.18 bits per heavy atom. The van der Waals surface area contributed by atoms with Crippen molar-refractivity contribution in [1.29, 1.82) is 0 Å². The minimum absolute atomic E-state index is 0.561. The largest absolute Gasteiger partial charge is 0.493 e. The van der Waals surface area contributed by atoms with Crippen LogP contribution in [-0.4, -0.2) is 46.6 Å². The fourth-order valence-electron chi connectivity index (χ4n) is 3.05. The highest BCUT2D eigenvalue weighted by Crippen LogP contribution is 2.27. The topological polar surface area (TPSA) is 32.1 Å². The number of methoxy groups -OCH3 is 1. The second-order valence-electron chi connectivity index (χ2n) is 6.32. The summed E-state index contributed by atoms with van der Waals surface area (Å²) in [6, 6.07) is 5.96. The van der Waals surface area contributed by atoms with E-state index in [9.17, 15) is 0 Å². The van der Waals surface area contributed by atoms with Crippen molar-refractivity contribution in [2.75, 3.05) is 46.6 Å². The Balaban J connectivity index is 1.59. The van der Waals surface area contributed by atoms with Gasteiger partial charge in [0.05, 0.1) is 33.4 Å². The van der Waals surface area contributed by atoms with E-state index in [2.05, 4.69) is 6.92 Å². The molecule has 0 saturated carbocycles. The Hall–Kier alpha value is -1.26. The van der Waals surface area contributed by atoms with Crippen LogP contribution in [-0.2, 0) is 4.74 Å². The first-order valence-corrected chi connectivity index (χ1v) is 8.38. The lowest BCUT2D eigenvalue weighted by Crippen LogP contribution is -3.14. The zero-order chi connectivity index (χ0) is 15.8. The predicted octanol–water partition coefficient (Wildman–Crippen LogP) is 1.71. The van der Waals surface area contributed by atoms with Gasteiger partial charge in [-0.3, -0.25) is 0 Å². The number of hydrogen-bond acceptors (Lipinski definition) is 3. The molecule has 0 aromatic heterocycles. The predicted molar refractivity (Wildman–Crippen MR) is 88.0 cm³/mol. The van der Waals surface area contributed by atoms with Crippen molar-refractivity contribution >= 4 is 0 Å². The molecule has 22 heavy (non-hydrogen) atoms. The summed E-state index contributed by atoms with van der Waals surface area (Å²) in [6.45, 7) is 10.1. The highest BCUT2D eigenvalue weighted by Gasteiger charge is 2.18. The van der Waals surface area contributed by atoms with Gasteiger partial charge < -0.3 is 19.1 Å². The summed E-state index contributed by atoms with van der Waals surface area (Å²) < 4.78 is 16.8. The fourth-order valence-corrected chi connectivity index (χ4v) is 3.05. The molecule has 4 heteroatoms. The molecule has 124 valence electrons. The number of ether oxygens (including phenoxy) is 3. The van der Waals surface area contributed by atoms with Gasteiger partial charge in [-0.25, -0.2) is 0 Å². The lowest BCUT2D eigenvalue weighted by Gasteiger charge is -2.27. The van der Waals surface area contributed by atoms with Crippen LogP contribution in [0, 0.1) is 12.8 Å². The lowest BCUT2D eigenvalue weighted by atomic mass is 10.0. The lowest BCUT2D eigenvalue weighted by molar-refractivity contribution is -0.908. The average molecular weight is 308 g/mol. The Labute approximate surface area is 134 Å². The molecule has 1 aliphatic heterocycles. The van der Waals surface area contributed by atoms with Crippen molar-refractivity contribution in [2.24, 2.45) is 5.92 Å². The third-order valence-electron chi connectivity index (χ3n) is 4.27. The smallest absolute Gasteiger partial charge is 0.161 e. The Kier molecular flexibility index (Phi) is 7.00. The molecule has 1 N–H and O–H groups in total. The average Bonchev–Trinajstić information content (AvgIpc) is 2.52. The summed E-state index contributed by atoms with van der Waals surface area (Å²) in [5.74, 6) is 2.43. The number of benzene rings is 1. The summed E-state index contributed by atoms with van der Waals surface area (Å²) >= 11 is 0. The molecule has 1 aromatic carbocycles. The molecule has 0 spiro atoms. The molecule has 2 atom stereocenters. The van der Waals surface area contributed by atoms with Gasteiger partial charge in [0.25, 0.3) is 0 Å². The van der Waals surface area contributed by atoms with Crippen LogP contribution < -0.4 is 14.4 Å². The van der Waals surface area contributed by atoms with E-state index >= 15 is 0 Å². The molecule has 2 rings (SSSR count). The molecule has 1 heterocycles. The van der Waals surface area contributed by atoms with E-state index in [0.717, 1.165) is 30.6 Å². The Morgan fingerprint density at radius 3 is 2.82 bits per heavy atom. The molecule has 0 radical (unpaired) electrons. The molecule has 1 aliphatic rings. The first-order valence-electron chi connectivity index (χ1n) is 8.38. The van der Waals surface area contributed by atoms with E-state index < -0.39 is 0 Å². The number of rotatable bonds is 8. The van der Waals surface area contributed by atoms with Gasteiger partial charge in [-0.15, -0.1) is 0 Å². The molecular formula is C18H30NO3+. The van der Waals surface area contributed by atoms with Crippen molar-refractivity contribution in [3.05, 3.63) is 23.8 Å². The maximum atomic E-state index is 5.74. The summed E-state index contributed by atoms with van der Waals surface area (Å²) in [5, 5.41) is 0. The van der Waals surface area contributed by atoms with Crippen molar-refractivity contribution in [3.63, 3.8) is 0 Å². The van der Waals surface area contributed by atoms with Gasteiger partial charge in [0.2, 0.25) is 0 Å². The summed E-state index contributed by atoms with van der Waals surface area (Å²) in [6.07, 6.45) is 2.74. The third kappa shape index (κ3) is 5.50. The highest BCUT2D eigenvalue weighted by molar-refractivity contribution is 5.42. The van der Waals surface area contributed by atoms with E-state index in [-0.39, 0.29) is 0 Å². The van der Waals surface area contributed by atoms with E-state index in [1.807, 2.05) is 25.1 Å². The molecule has 1 aromatic rings. The van der Waals surface area contributed by atoms with E-state index in [1.165, 1.54) is 31.5 Å². The van der Waals surface area contributed by atoms with E-state index in [4.69, 9.17) is 14.2 Å². The number of piperidine rings is 1. The second kappa shape index (κ2) is 9.01. The molecular weight excluding hydrogens is 278 g/mol. The molecule has 1 unspecified atom stereocenters. The van der Waals surface area contributed by atoms with Crippen LogP contribution in [0.2, 0.25) is 0 Å².